The molecule has 0 unspecified atom stereocenters. The van der Waals surface area contributed by atoms with Gasteiger partial charge in [0.15, 0.2) is 0 Å². The summed E-state index contributed by atoms with van der Waals surface area (Å²) in [6, 6.07) is 4.83. The van der Waals surface area contributed by atoms with Crippen molar-refractivity contribution in [1.82, 2.24) is 0 Å². The quantitative estimate of drug-likeness (QED) is 0.564. The number of carbonyl (C=O) groups is 1. The van der Waals surface area contributed by atoms with Crippen molar-refractivity contribution in [2.75, 3.05) is 6.61 Å². The van der Waals surface area contributed by atoms with Crippen molar-refractivity contribution in [1.29, 1.82) is 0 Å². The Labute approximate surface area is 88.4 Å². The summed E-state index contributed by atoms with van der Waals surface area (Å²) in [6.45, 7) is 3.85. The Kier molecular flexibility index (Phi) is 4.03. The lowest BCUT2D eigenvalue weighted by Crippen LogP contribution is -1.98. The predicted octanol–water partition coefficient (Wildman–Crippen LogP) is 2.71. The molecule has 0 radical (unpaired) electrons. The highest BCUT2D eigenvalue weighted by atomic mass is 19.1. The molecular formula is C12H13FO2. The summed E-state index contributed by atoms with van der Waals surface area (Å²) in [4.78, 5) is 11.0. The maximum absolute atomic E-state index is 13.3. The van der Waals surface area contributed by atoms with Crippen molar-refractivity contribution >= 4 is 12.0 Å². The Bertz CT molecular complexity index is 383. The van der Waals surface area contributed by atoms with E-state index in [9.17, 15) is 9.18 Å². The Balaban J connectivity index is 2.76. The second kappa shape index (κ2) is 5.29. The lowest BCUT2D eigenvalue weighted by atomic mass is 10.1. The van der Waals surface area contributed by atoms with Crippen LogP contribution in [0.2, 0.25) is 0 Å². The van der Waals surface area contributed by atoms with Gasteiger partial charge in [0, 0.05) is 11.6 Å². The van der Waals surface area contributed by atoms with Crippen LogP contribution in [0.4, 0.5) is 4.39 Å². The summed E-state index contributed by atoms with van der Waals surface area (Å²) in [5.41, 5.74) is 1.23. The molecule has 80 valence electrons. The molecule has 1 aromatic rings. The summed E-state index contributed by atoms with van der Waals surface area (Å²) < 4.78 is 18.0. The van der Waals surface area contributed by atoms with Crippen molar-refractivity contribution in [3.05, 3.63) is 41.2 Å². The smallest absolute Gasteiger partial charge is 0.330 e. The summed E-state index contributed by atoms with van der Waals surface area (Å²) in [5, 5.41) is 0. The van der Waals surface area contributed by atoms with Gasteiger partial charge in [0.2, 0.25) is 0 Å². The minimum Gasteiger partial charge on any atom is -0.463 e. The molecule has 0 N–H and O–H groups in total. The second-order valence-electron chi connectivity index (χ2n) is 3.11. The molecule has 1 aromatic carbocycles. The van der Waals surface area contributed by atoms with Crippen LogP contribution in [-0.2, 0) is 9.53 Å². The van der Waals surface area contributed by atoms with Gasteiger partial charge in [0.25, 0.3) is 0 Å². The van der Waals surface area contributed by atoms with Crippen molar-refractivity contribution < 1.29 is 13.9 Å². The van der Waals surface area contributed by atoms with Crippen LogP contribution in [0.3, 0.4) is 0 Å². The van der Waals surface area contributed by atoms with Crippen LogP contribution in [0.15, 0.2) is 24.3 Å². The van der Waals surface area contributed by atoms with E-state index in [-0.39, 0.29) is 5.82 Å². The molecule has 0 spiro atoms. The number of halogens is 1. The van der Waals surface area contributed by atoms with E-state index in [1.54, 1.807) is 19.1 Å². The molecular weight excluding hydrogens is 195 g/mol. The number of benzene rings is 1. The predicted molar refractivity (Wildman–Crippen MR) is 56.8 cm³/mol. The summed E-state index contributed by atoms with van der Waals surface area (Å²) in [5.74, 6) is -0.798. The Morgan fingerprint density at radius 2 is 2.27 bits per heavy atom. The third kappa shape index (κ3) is 3.54. The molecule has 3 heteroatoms. The van der Waals surface area contributed by atoms with Gasteiger partial charge in [-0.05, 0) is 31.6 Å². The standard InChI is InChI=1S/C12H13FO2/c1-3-15-12(14)7-6-10-5-4-9(2)8-11(10)13/h4-8H,3H2,1-2H3/b7-6+. The minimum atomic E-state index is -0.461. The molecule has 0 aliphatic heterocycles. The average molecular weight is 208 g/mol. The molecule has 0 saturated carbocycles. The van der Waals surface area contributed by atoms with Crippen LogP contribution in [0.25, 0.3) is 6.08 Å². The van der Waals surface area contributed by atoms with Crippen LogP contribution < -0.4 is 0 Å². The lowest BCUT2D eigenvalue weighted by molar-refractivity contribution is -0.137. The zero-order valence-electron chi connectivity index (χ0n) is 8.79. The average Bonchev–Trinajstić information content (AvgIpc) is 2.17. The highest BCUT2D eigenvalue weighted by molar-refractivity contribution is 5.87. The van der Waals surface area contributed by atoms with Gasteiger partial charge in [-0.3, -0.25) is 0 Å². The number of hydrogen-bond donors (Lipinski definition) is 0. The summed E-state index contributed by atoms with van der Waals surface area (Å²) in [7, 11) is 0. The number of ether oxygens (including phenoxy) is 1. The van der Waals surface area contributed by atoms with Crippen molar-refractivity contribution in [2.24, 2.45) is 0 Å². The third-order valence-electron chi connectivity index (χ3n) is 1.84. The SMILES string of the molecule is CCOC(=O)/C=C/c1ccc(C)cc1F. The van der Waals surface area contributed by atoms with E-state index < -0.39 is 5.97 Å². The molecule has 0 aromatic heterocycles. The van der Waals surface area contributed by atoms with Gasteiger partial charge in [-0.15, -0.1) is 0 Å². The fourth-order valence-corrected chi connectivity index (χ4v) is 1.12. The van der Waals surface area contributed by atoms with Crippen LogP contribution in [0, 0.1) is 12.7 Å². The first kappa shape index (κ1) is 11.4. The van der Waals surface area contributed by atoms with Crippen LogP contribution in [0.5, 0.6) is 0 Å². The topological polar surface area (TPSA) is 26.3 Å². The Morgan fingerprint density at radius 3 is 2.87 bits per heavy atom. The van der Waals surface area contributed by atoms with Crippen LogP contribution >= 0.6 is 0 Å². The molecule has 0 amide bonds. The number of aryl methyl sites for hydroxylation is 1. The van der Waals surface area contributed by atoms with Gasteiger partial charge in [-0.1, -0.05) is 12.1 Å². The summed E-state index contributed by atoms with van der Waals surface area (Å²) in [6.07, 6.45) is 2.63. The van der Waals surface area contributed by atoms with E-state index in [1.165, 1.54) is 18.2 Å². The number of carbonyl (C=O) groups excluding carboxylic acids is 1. The molecule has 0 heterocycles. The van der Waals surface area contributed by atoms with Gasteiger partial charge in [-0.25, -0.2) is 9.18 Å². The van der Waals surface area contributed by atoms with E-state index in [0.717, 1.165) is 5.56 Å². The first-order valence-corrected chi connectivity index (χ1v) is 4.74. The van der Waals surface area contributed by atoms with Gasteiger partial charge in [0.05, 0.1) is 6.61 Å². The molecule has 0 aliphatic carbocycles. The fourth-order valence-electron chi connectivity index (χ4n) is 1.12. The van der Waals surface area contributed by atoms with E-state index in [4.69, 9.17) is 0 Å². The largest absolute Gasteiger partial charge is 0.463 e. The van der Waals surface area contributed by atoms with Crippen molar-refractivity contribution in [3.8, 4) is 0 Å². The van der Waals surface area contributed by atoms with Gasteiger partial charge in [-0.2, -0.15) is 0 Å². The van der Waals surface area contributed by atoms with Crippen LogP contribution in [0.1, 0.15) is 18.1 Å². The second-order valence-corrected chi connectivity index (χ2v) is 3.11. The van der Waals surface area contributed by atoms with Crippen molar-refractivity contribution in [2.45, 2.75) is 13.8 Å². The third-order valence-corrected chi connectivity index (χ3v) is 1.84. The molecule has 0 aliphatic rings. The maximum atomic E-state index is 13.3. The fraction of sp³-hybridized carbons (Fsp3) is 0.250. The highest BCUT2D eigenvalue weighted by Crippen LogP contribution is 2.11. The summed E-state index contributed by atoms with van der Waals surface area (Å²) >= 11 is 0. The lowest BCUT2D eigenvalue weighted by Gasteiger charge is -1.98. The normalized spacial score (nSPS) is 10.6. The van der Waals surface area contributed by atoms with E-state index in [2.05, 4.69) is 4.74 Å². The maximum Gasteiger partial charge on any atom is 0.330 e. The molecule has 0 atom stereocenters. The number of hydrogen-bond acceptors (Lipinski definition) is 2. The minimum absolute atomic E-state index is 0.319. The Morgan fingerprint density at radius 1 is 1.53 bits per heavy atom. The zero-order chi connectivity index (χ0) is 11.3. The highest BCUT2D eigenvalue weighted by Gasteiger charge is 1.99. The Hall–Kier alpha value is -1.64. The number of esters is 1. The first-order chi connectivity index (χ1) is 7.13. The van der Waals surface area contributed by atoms with E-state index >= 15 is 0 Å². The molecule has 0 bridgehead atoms. The van der Waals surface area contributed by atoms with Crippen LogP contribution in [-0.4, -0.2) is 12.6 Å². The monoisotopic (exact) mass is 208 g/mol. The van der Waals surface area contributed by atoms with Crippen molar-refractivity contribution in [3.63, 3.8) is 0 Å². The van der Waals surface area contributed by atoms with E-state index in [1.807, 2.05) is 6.92 Å². The molecule has 1 rings (SSSR count). The van der Waals surface area contributed by atoms with E-state index in [0.29, 0.717) is 12.2 Å². The van der Waals surface area contributed by atoms with Gasteiger partial charge in [0.1, 0.15) is 5.82 Å². The molecule has 0 saturated heterocycles. The molecule has 2 nitrogen and oxygen atoms in total. The zero-order valence-corrected chi connectivity index (χ0v) is 8.79. The van der Waals surface area contributed by atoms with Gasteiger partial charge >= 0.3 is 5.97 Å². The number of rotatable bonds is 3. The molecule has 0 fully saturated rings. The molecule has 15 heavy (non-hydrogen) atoms. The van der Waals surface area contributed by atoms with Gasteiger partial charge < -0.3 is 4.74 Å². The first-order valence-electron chi connectivity index (χ1n) is 4.74.